The molecule has 0 saturated carbocycles. The number of nitrogens with zero attached hydrogens (tertiary/aromatic N) is 6. The first-order valence-corrected chi connectivity index (χ1v) is 9.10. The number of carbonyl (C=O) groups is 1. The predicted octanol–water partition coefficient (Wildman–Crippen LogP) is 3.15. The van der Waals surface area contributed by atoms with Gasteiger partial charge in [-0.2, -0.15) is 4.39 Å². The number of fused-ring (bicyclic) bond motifs is 2. The summed E-state index contributed by atoms with van der Waals surface area (Å²) in [5.74, 6) is -0.259. The van der Waals surface area contributed by atoms with E-state index in [1.54, 1.807) is 23.3 Å². The largest absolute Gasteiger partial charge is 0.496 e. The second-order valence-corrected chi connectivity index (χ2v) is 6.75. The lowest BCUT2D eigenvalue weighted by Gasteiger charge is -2.10. The second-order valence-electron chi connectivity index (χ2n) is 6.75. The molecule has 5 aromatic rings. The van der Waals surface area contributed by atoms with E-state index >= 15 is 0 Å². The van der Waals surface area contributed by atoms with Crippen molar-refractivity contribution in [2.75, 3.05) is 7.11 Å². The van der Waals surface area contributed by atoms with E-state index in [0.29, 0.717) is 35.2 Å². The normalized spacial score (nSPS) is 11.3. The van der Waals surface area contributed by atoms with Gasteiger partial charge >= 0.3 is 0 Å². The SMILES string of the molecule is COc1cc2nc(F)c(C=O)cc2cc1Cn1cc(-c2cccn3cncc23)nn1. The van der Waals surface area contributed by atoms with Crippen LogP contribution in [0, 0.1) is 5.95 Å². The number of pyridine rings is 2. The van der Waals surface area contributed by atoms with Crippen molar-refractivity contribution in [3.05, 3.63) is 72.3 Å². The molecule has 0 fully saturated rings. The van der Waals surface area contributed by atoms with Crippen molar-refractivity contribution >= 4 is 22.7 Å². The Morgan fingerprint density at radius 3 is 3.00 bits per heavy atom. The molecule has 1 aromatic carbocycles. The summed E-state index contributed by atoms with van der Waals surface area (Å²) in [6.45, 7) is 0.377. The first kappa shape index (κ1) is 17.9. The van der Waals surface area contributed by atoms with Crippen molar-refractivity contribution in [2.45, 2.75) is 6.54 Å². The van der Waals surface area contributed by atoms with Gasteiger partial charge in [0.15, 0.2) is 6.29 Å². The quantitative estimate of drug-likeness (QED) is 0.332. The lowest BCUT2D eigenvalue weighted by atomic mass is 10.1. The number of methoxy groups -OCH3 is 1. The predicted molar refractivity (Wildman–Crippen MR) is 107 cm³/mol. The molecule has 0 spiro atoms. The minimum absolute atomic E-state index is 0.0874. The molecule has 8 nitrogen and oxygen atoms in total. The van der Waals surface area contributed by atoms with Gasteiger partial charge < -0.3 is 9.14 Å². The number of halogens is 1. The van der Waals surface area contributed by atoms with Crippen LogP contribution >= 0.6 is 0 Å². The smallest absolute Gasteiger partial charge is 0.224 e. The van der Waals surface area contributed by atoms with Crippen LogP contribution in [0.2, 0.25) is 0 Å². The molecular weight excluding hydrogens is 387 g/mol. The van der Waals surface area contributed by atoms with Gasteiger partial charge in [-0.15, -0.1) is 5.10 Å². The van der Waals surface area contributed by atoms with E-state index in [9.17, 15) is 9.18 Å². The third-order valence-electron chi connectivity index (χ3n) is 4.92. The van der Waals surface area contributed by atoms with Crippen molar-refractivity contribution < 1.29 is 13.9 Å². The number of benzene rings is 1. The minimum atomic E-state index is -0.803. The molecule has 0 amide bonds. The molecule has 0 radical (unpaired) electrons. The molecule has 148 valence electrons. The molecule has 9 heteroatoms. The average molecular weight is 402 g/mol. The van der Waals surface area contributed by atoms with Gasteiger partial charge in [0.05, 0.1) is 49.0 Å². The Bertz CT molecular complexity index is 1410. The van der Waals surface area contributed by atoms with Crippen molar-refractivity contribution in [3.8, 4) is 17.0 Å². The first-order chi connectivity index (χ1) is 14.7. The van der Waals surface area contributed by atoms with Crippen LogP contribution in [0.15, 0.2) is 55.2 Å². The van der Waals surface area contributed by atoms with E-state index in [-0.39, 0.29) is 5.56 Å². The van der Waals surface area contributed by atoms with E-state index < -0.39 is 5.95 Å². The van der Waals surface area contributed by atoms with Gasteiger partial charge in [-0.05, 0) is 24.3 Å². The molecule has 30 heavy (non-hydrogen) atoms. The Hall–Kier alpha value is -4.14. The summed E-state index contributed by atoms with van der Waals surface area (Å²) < 4.78 is 22.9. The van der Waals surface area contributed by atoms with Crippen molar-refractivity contribution in [1.82, 2.24) is 29.4 Å². The molecule has 0 saturated heterocycles. The maximum Gasteiger partial charge on any atom is 0.224 e. The van der Waals surface area contributed by atoms with E-state index in [2.05, 4.69) is 20.3 Å². The standard InChI is InChI=1S/C21H15FN6O2/c1-30-20-7-17-13(6-15(11-29)21(22)24-17)5-14(20)9-28-10-18(25-26-28)16-3-2-4-27-12-23-8-19(16)27/h2-8,10-12H,9H2,1H3. The highest BCUT2D eigenvalue weighted by atomic mass is 19.1. The summed E-state index contributed by atoms with van der Waals surface area (Å²) in [6.07, 6.45) is 7.71. The lowest BCUT2D eigenvalue weighted by Crippen LogP contribution is -2.03. The van der Waals surface area contributed by atoms with Crippen LogP contribution in [-0.2, 0) is 6.54 Å². The summed E-state index contributed by atoms with van der Waals surface area (Å²) in [6, 6.07) is 8.82. The summed E-state index contributed by atoms with van der Waals surface area (Å²) in [5.41, 5.74) is 3.69. The zero-order valence-corrected chi connectivity index (χ0v) is 15.9. The molecule has 0 N–H and O–H groups in total. The summed E-state index contributed by atoms with van der Waals surface area (Å²) in [7, 11) is 1.54. The second kappa shape index (κ2) is 7.03. The first-order valence-electron chi connectivity index (χ1n) is 9.10. The number of rotatable bonds is 5. The van der Waals surface area contributed by atoms with Crippen LogP contribution in [0.4, 0.5) is 4.39 Å². The highest BCUT2D eigenvalue weighted by Crippen LogP contribution is 2.27. The number of aromatic nitrogens is 6. The molecule has 0 aliphatic rings. The number of hydrogen-bond acceptors (Lipinski definition) is 6. The van der Waals surface area contributed by atoms with Crippen LogP contribution in [0.1, 0.15) is 15.9 Å². The van der Waals surface area contributed by atoms with Crippen molar-refractivity contribution in [3.63, 3.8) is 0 Å². The Balaban J connectivity index is 1.53. The molecule has 5 rings (SSSR count). The Kier molecular flexibility index (Phi) is 4.20. The monoisotopic (exact) mass is 402 g/mol. The van der Waals surface area contributed by atoms with Crippen LogP contribution in [0.5, 0.6) is 5.75 Å². The maximum atomic E-state index is 13.8. The molecule has 0 atom stereocenters. The number of ether oxygens (including phenoxy) is 1. The number of hydrogen-bond donors (Lipinski definition) is 0. The van der Waals surface area contributed by atoms with Gasteiger partial charge in [0.2, 0.25) is 5.95 Å². The fourth-order valence-corrected chi connectivity index (χ4v) is 3.48. The Labute approximate surface area is 169 Å². The van der Waals surface area contributed by atoms with Crippen LogP contribution in [-0.4, -0.2) is 42.8 Å². The van der Waals surface area contributed by atoms with E-state index in [1.165, 1.54) is 13.2 Å². The zero-order valence-electron chi connectivity index (χ0n) is 15.9. The fraction of sp³-hybridized carbons (Fsp3) is 0.0952. The fourth-order valence-electron chi connectivity index (χ4n) is 3.48. The summed E-state index contributed by atoms with van der Waals surface area (Å²) in [5, 5.41) is 9.16. The third-order valence-corrected chi connectivity index (χ3v) is 4.92. The topological polar surface area (TPSA) is 87.2 Å². The van der Waals surface area contributed by atoms with Gasteiger partial charge in [0, 0.05) is 28.8 Å². The van der Waals surface area contributed by atoms with Crippen molar-refractivity contribution in [2.24, 2.45) is 0 Å². The summed E-state index contributed by atoms with van der Waals surface area (Å²) in [4.78, 5) is 19.1. The average Bonchev–Trinajstić information content (AvgIpc) is 3.42. The molecule has 0 aliphatic heterocycles. The zero-order chi connectivity index (χ0) is 20.7. The van der Waals surface area contributed by atoms with Gasteiger partial charge in [-0.1, -0.05) is 5.21 Å². The van der Waals surface area contributed by atoms with Gasteiger partial charge in [-0.25, -0.2) is 14.6 Å². The molecule has 0 aliphatic carbocycles. The maximum absolute atomic E-state index is 13.8. The number of aldehydes is 1. The van der Waals surface area contributed by atoms with Gasteiger partial charge in [0.1, 0.15) is 11.4 Å². The van der Waals surface area contributed by atoms with Gasteiger partial charge in [0.25, 0.3) is 0 Å². The minimum Gasteiger partial charge on any atom is -0.496 e. The highest BCUT2D eigenvalue weighted by molar-refractivity contribution is 5.87. The summed E-state index contributed by atoms with van der Waals surface area (Å²) >= 11 is 0. The van der Waals surface area contributed by atoms with E-state index in [1.807, 2.05) is 35.0 Å². The molecule has 4 aromatic heterocycles. The third kappa shape index (κ3) is 2.96. The van der Waals surface area contributed by atoms with E-state index in [4.69, 9.17) is 4.74 Å². The molecule has 4 heterocycles. The number of carbonyl (C=O) groups excluding carboxylic acids is 1. The Morgan fingerprint density at radius 1 is 1.27 bits per heavy atom. The molecular formula is C21H15FN6O2. The van der Waals surface area contributed by atoms with Gasteiger partial charge in [-0.3, -0.25) is 4.79 Å². The highest BCUT2D eigenvalue weighted by Gasteiger charge is 2.13. The lowest BCUT2D eigenvalue weighted by molar-refractivity contribution is 0.111. The van der Waals surface area contributed by atoms with Crippen molar-refractivity contribution in [1.29, 1.82) is 0 Å². The molecule has 0 unspecified atom stereocenters. The van der Waals surface area contributed by atoms with Crippen LogP contribution in [0.3, 0.4) is 0 Å². The molecule has 0 bridgehead atoms. The Morgan fingerprint density at radius 2 is 2.17 bits per heavy atom. The van der Waals surface area contributed by atoms with E-state index in [0.717, 1.165) is 16.6 Å². The van der Waals surface area contributed by atoms with Crippen LogP contribution in [0.25, 0.3) is 27.7 Å². The van der Waals surface area contributed by atoms with Crippen LogP contribution < -0.4 is 4.74 Å². The number of imidazole rings is 1.